The molecule has 0 rings (SSSR count). The van der Waals surface area contributed by atoms with Crippen LogP contribution in [0.4, 0.5) is 0 Å². The van der Waals surface area contributed by atoms with Crippen LogP contribution in [0.1, 0.15) is 39.5 Å². The topological polar surface area (TPSA) is 57.5 Å². The van der Waals surface area contributed by atoms with Crippen LogP contribution in [0.3, 0.4) is 0 Å². The molecule has 2 N–H and O–H groups in total. The smallest absolute Gasteiger partial charge is 0.318 e. The summed E-state index contributed by atoms with van der Waals surface area (Å²) in [6.07, 6.45) is 4.83. The van der Waals surface area contributed by atoms with E-state index in [4.69, 9.17) is 21.8 Å². The number of halogens is 1. The van der Waals surface area contributed by atoms with Gasteiger partial charge in [-0.05, 0) is 12.3 Å². The molecule has 0 aromatic rings. The summed E-state index contributed by atoms with van der Waals surface area (Å²) >= 11 is 4.74. The summed E-state index contributed by atoms with van der Waals surface area (Å²) in [5.74, 6) is -0.725. The third kappa shape index (κ3) is 14.3. The van der Waals surface area contributed by atoms with Gasteiger partial charge in [-0.1, -0.05) is 33.1 Å². The van der Waals surface area contributed by atoms with Crippen molar-refractivity contribution < 1.29 is 15.0 Å². The van der Waals surface area contributed by atoms with Gasteiger partial charge in [-0.3, -0.25) is 4.79 Å². The average Bonchev–Trinajstić information content (AvgIpc) is 2.20. The van der Waals surface area contributed by atoms with Crippen LogP contribution >= 0.6 is 11.6 Å². The van der Waals surface area contributed by atoms with Crippen molar-refractivity contribution in [3.8, 4) is 0 Å². The molecule has 4 heteroatoms. The number of carboxylic acids is 1. The second-order valence-electron chi connectivity index (χ2n) is 3.13. The number of aliphatic carboxylic acids is 1. The summed E-state index contributed by atoms with van der Waals surface area (Å²) in [6, 6.07) is 0. The van der Waals surface area contributed by atoms with E-state index in [0.29, 0.717) is 12.5 Å². The van der Waals surface area contributed by atoms with E-state index in [1.807, 2.05) is 0 Å². The standard InChI is InChI=1S/C8H18O.C2H3ClO2/c1-3-5-6-8(4-2)7-9;3-1-2(4)5/h8-9H,3-7H2,1-2H3;1H2,(H,4,5). The fourth-order valence-electron chi connectivity index (χ4n) is 0.917. The van der Waals surface area contributed by atoms with Gasteiger partial charge in [0.1, 0.15) is 5.88 Å². The summed E-state index contributed by atoms with van der Waals surface area (Å²) in [6.45, 7) is 4.69. The largest absolute Gasteiger partial charge is 0.480 e. The Hall–Kier alpha value is -0.280. The first-order chi connectivity index (χ1) is 6.62. The second-order valence-corrected chi connectivity index (χ2v) is 3.39. The van der Waals surface area contributed by atoms with E-state index in [-0.39, 0.29) is 5.88 Å². The molecular weight excluding hydrogens is 204 g/mol. The predicted octanol–water partition coefficient (Wildman–Crippen LogP) is 2.50. The summed E-state index contributed by atoms with van der Waals surface area (Å²) in [7, 11) is 0. The quantitative estimate of drug-likeness (QED) is 0.682. The van der Waals surface area contributed by atoms with Crippen molar-refractivity contribution in [2.45, 2.75) is 39.5 Å². The Labute approximate surface area is 91.1 Å². The molecule has 0 aromatic carbocycles. The van der Waals surface area contributed by atoms with Crippen LogP contribution in [0.2, 0.25) is 0 Å². The van der Waals surface area contributed by atoms with Gasteiger partial charge in [-0.15, -0.1) is 11.6 Å². The Morgan fingerprint density at radius 2 is 1.93 bits per heavy atom. The molecule has 0 bridgehead atoms. The minimum atomic E-state index is -0.980. The van der Waals surface area contributed by atoms with Gasteiger partial charge in [0.2, 0.25) is 0 Å². The number of hydrogen-bond acceptors (Lipinski definition) is 2. The molecule has 0 aromatic heterocycles. The lowest BCUT2D eigenvalue weighted by atomic mass is 10.0. The van der Waals surface area contributed by atoms with Crippen LogP contribution in [0, 0.1) is 5.92 Å². The summed E-state index contributed by atoms with van der Waals surface area (Å²) in [4.78, 5) is 9.24. The lowest BCUT2D eigenvalue weighted by Gasteiger charge is -2.08. The first-order valence-electron chi connectivity index (χ1n) is 5.00. The molecule has 0 spiro atoms. The normalized spacial score (nSPS) is 11.4. The summed E-state index contributed by atoms with van der Waals surface area (Å²) in [5.41, 5.74) is 0. The van der Waals surface area contributed by atoms with Crippen molar-refractivity contribution in [1.29, 1.82) is 0 Å². The molecule has 0 aliphatic heterocycles. The highest BCUT2D eigenvalue weighted by Gasteiger charge is 2.01. The van der Waals surface area contributed by atoms with Gasteiger partial charge in [0, 0.05) is 6.61 Å². The van der Waals surface area contributed by atoms with Crippen LogP contribution in [0.25, 0.3) is 0 Å². The molecule has 0 aliphatic carbocycles. The molecule has 0 heterocycles. The van der Waals surface area contributed by atoms with E-state index in [1.165, 1.54) is 19.3 Å². The Kier molecular flexibility index (Phi) is 14.7. The maximum Gasteiger partial charge on any atom is 0.318 e. The Balaban J connectivity index is 0. The SMILES string of the molecule is CCCCC(CC)CO.O=C(O)CCl. The second kappa shape index (κ2) is 12.7. The van der Waals surface area contributed by atoms with Crippen molar-refractivity contribution in [3.05, 3.63) is 0 Å². The van der Waals surface area contributed by atoms with Crippen LogP contribution in [0.15, 0.2) is 0 Å². The molecule has 86 valence electrons. The molecule has 0 saturated heterocycles. The predicted molar refractivity (Wildman–Crippen MR) is 58.7 cm³/mol. The van der Waals surface area contributed by atoms with Crippen molar-refractivity contribution in [2.24, 2.45) is 5.92 Å². The van der Waals surface area contributed by atoms with Gasteiger partial charge >= 0.3 is 5.97 Å². The maximum atomic E-state index is 9.24. The molecule has 3 nitrogen and oxygen atoms in total. The van der Waals surface area contributed by atoms with E-state index in [1.54, 1.807) is 0 Å². The van der Waals surface area contributed by atoms with E-state index in [9.17, 15) is 4.79 Å². The van der Waals surface area contributed by atoms with Crippen molar-refractivity contribution in [1.82, 2.24) is 0 Å². The molecule has 14 heavy (non-hydrogen) atoms. The molecule has 1 unspecified atom stereocenters. The Morgan fingerprint density at radius 1 is 1.43 bits per heavy atom. The van der Waals surface area contributed by atoms with Crippen LogP contribution in [0.5, 0.6) is 0 Å². The average molecular weight is 225 g/mol. The highest BCUT2D eigenvalue weighted by molar-refractivity contribution is 6.26. The number of unbranched alkanes of at least 4 members (excludes halogenated alkanes) is 1. The third-order valence-electron chi connectivity index (χ3n) is 1.92. The minimum Gasteiger partial charge on any atom is -0.480 e. The zero-order chi connectivity index (χ0) is 11.4. The lowest BCUT2D eigenvalue weighted by molar-refractivity contribution is -0.134. The zero-order valence-corrected chi connectivity index (χ0v) is 9.76. The molecule has 0 amide bonds. The van der Waals surface area contributed by atoms with Gasteiger partial charge < -0.3 is 10.2 Å². The Bertz CT molecular complexity index is 125. The lowest BCUT2D eigenvalue weighted by Crippen LogP contribution is -2.03. The van der Waals surface area contributed by atoms with Crippen LogP contribution in [-0.4, -0.2) is 28.7 Å². The fraction of sp³-hybridized carbons (Fsp3) is 0.900. The van der Waals surface area contributed by atoms with Crippen LogP contribution in [-0.2, 0) is 4.79 Å². The van der Waals surface area contributed by atoms with Crippen molar-refractivity contribution in [2.75, 3.05) is 12.5 Å². The van der Waals surface area contributed by atoms with Gasteiger partial charge in [0.05, 0.1) is 0 Å². The minimum absolute atomic E-state index is 0.306. The number of aliphatic hydroxyl groups excluding tert-OH is 1. The zero-order valence-electron chi connectivity index (χ0n) is 9.00. The summed E-state index contributed by atoms with van der Waals surface area (Å²) in [5, 5.41) is 16.3. The molecule has 0 saturated carbocycles. The van der Waals surface area contributed by atoms with Gasteiger partial charge in [0.25, 0.3) is 0 Å². The molecular formula is C10H21ClO3. The Morgan fingerprint density at radius 3 is 2.14 bits per heavy atom. The third-order valence-corrected chi connectivity index (χ3v) is 2.14. The van der Waals surface area contributed by atoms with Crippen molar-refractivity contribution in [3.63, 3.8) is 0 Å². The van der Waals surface area contributed by atoms with E-state index in [0.717, 1.165) is 6.42 Å². The molecule has 0 fully saturated rings. The van der Waals surface area contributed by atoms with Gasteiger partial charge in [0.15, 0.2) is 0 Å². The van der Waals surface area contributed by atoms with E-state index in [2.05, 4.69) is 13.8 Å². The van der Waals surface area contributed by atoms with Crippen molar-refractivity contribution >= 4 is 17.6 Å². The first kappa shape index (κ1) is 16.2. The van der Waals surface area contributed by atoms with Crippen LogP contribution < -0.4 is 0 Å². The number of rotatable bonds is 6. The first-order valence-corrected chi connectivity index (χ1v) is 5.54. The number of alkyl halides is 1. The highest BCUT2D eigenvalue weighted by atomic mass is 35.5. The fourth-order valence-corrected chi connectivity index (χ4v) is 0.917. The number of hydrogen-bond donors (Lipinski definition) is 2. The maximum absolute atomic E-state index is 9.24. The highest BCUT2D eigenvalue weighted by Crippen LogP contribution is 2.10. The molecule has 1 atom stereocenters. The monoisotopic (exact) mass is 224 g/mol. The van der Waals surface area contributed by atoms with Gasteiger partial charge in [-0.25, -0.2) is 0 Å². The van der Waals surface area contributed by atoms with E-state index < -0.39 is 5.97 Å². The summed E-state index contributed by atoms with van der Waals surface area (Å²) < 4.78 is 0. The van der Waals surface area contributed by atoms with E-state index >= 15 is 0 Å². The van der Waals surface area contributed by atoms with Gasteiger partial charge in [-0.2, -0.15) is 0 Å². The molecule has 0 aliphatic rings. The number of carbonyl (C=O) groups is 1. The number of carboxylic acid groups (broad SMARTS) is 1. The number of aliphatic hydroxyl groups is 1. The molecule has 0 radical (unpaired) electrons.